The van der Waals surface area contributed by atoms with Crippen molar-refractivity contribution < 1.29 is 4.74 Å². The SMILES string of the molecule is CCC(CC)(CS)COc1ccc2ccccc2c1. The molecule has 0 heterocycles. The second kappa shape index (κ2) is 6.33. The van der Waals surface area contributed by atoms with Crippen molar-refractivity contribution in [3.8, 4) is 5.75 Å². The van der Waals surface area contributed by atoms with Crippen molar-refractivity contribution >= 4 is 23.4 Å². The number of benzene rings is 2. The third-order valence-electron chi connectivity index (χ3n) is 4.10. The molecule has 0 aliphatic carbocycles. The molecule has 102 valence electrons. The summed E-state index contributed by atoms with van der Waals surface area (Å²) < 4.78 is 6.00. The van der Waals surface area contributed by atoms with Gasteiger partial charge in [0, 0.05) is 5.41 Å². The van der Waals surface area contributed by atoms with Crippen molar-refractivity contribution in [2.24, 2.45) is 5.41 Å². The minimum Gasteiger partial charge on any atom is -0.493 e. The first kappa shape index (κ1) is 14.3. The zero-order valence-electron chi connectivity index (χ0n) is 11.7. The van der Waals surface area contributed by atoms with Crippen molar-refractivity contribution in [2.45, 2.75) is 26.7 Å². The van der Waals surface area contributed by atoms with Crippen LogP contribution in [0.5, 0.6) is 5.75 Å². The normalized spacial score (nSPS) is 11.7. The van der Waals surface area contributed by atoms with E-state index < -0.39 is 0 Å². The van der Waals surface area contributed by atoms with Crippen LogP contribution in [-0.4, -0.2) is 12.4 Å². The Balaban J connectivity index is 2.13. The molecule has 2 aromatic carbocycles. The lowest BCUT2D eigenvalue weighted by atomic mass is 9.85. The largest absolute Gasteiger partial charge is 0.493 e. The summed E-state index contributed by atoms with van der Waals surface area (Å²) in [5.41, 5.74) is 0.189. The van der Waals surface area contributed by atoms with Gasteiger partial charge in [-0.25, -0.2) is 0 Å². The molecule has 19 heavy (non-hydrogen) atoms. The maximum Gasteiger partial charge on any atom is 0.119 e. The molecular formula is C17H22OS. The van der Waals surface area contributed by atoms with E-state index in [0.29, 0.717) is 0 Å². The number of ether oxygens (including phenoxy) is 1. The van der Waals surface area contributed by atoms with E-state index in [-0.39, 0.29) is 5.41 Å². The van der Waals surface area contributed by atoms with Gasteiger partial charge in [0.25, 0.3) is 0 Å². The first-order valence-corrected chi connectivity index (χ1v) is 7.59. The van der Waals surface area contributed by atoms with Gasteiger partial charge < -0.3 is 4.74 Å². The van der Waals surface area contributed by atoms with Gasteiger partial charge in [-0.15, -0.1) is 0 Å². The summed E-state index contributed by atoms with van der Waals surface area (Å²) in [6.45, 7) is 5.16. The number of rotatable bonds is 6. The molecule has 0 atom stereocenters. The monoisotopic (exact) mass is 274 g/mol. The zero-order chi connectivity index (χ0) is 13.7. The lowest BCUT2D eigenvalue weighted by Crippen LogP contribution is -2.29. The fourth-order valence-electron chi connectivity index (χ4n) is 2.22. The molecule has 0 unspecified atom stereocenters. The van der Waals surface area contributed by atoms with Gasteiger partial charge in [0.1, 0.15) is 5.75 Å². The summed E-state index contributed by atoms with van der Waals surface area (Å²) >= 11 is 4.49. The maximum atomic E-state index is 6.00. The van der Waals surface area contributed by atoms with E-state index in [1.165, 1.54) is 10.8 Å². The van der Waals surface area contributed by atoms with E-state index in [0.717, 1.165) is 31.0 Å². The third kappa shape index (κ3) is 3.24. The Hall–Kier alpha value is -1.15. The maximum absolute atomic E-state index is 6.00. The van der Waals surface area contributed by atoms with Crippen molar-refractivity contribution in [2.75, 3.05) is 12.4 Å². The Labute approximate surface area is 121 Å². The Morgan fingerprint density at radius 1 is 1.00 bits per heavy atom. The second-order valence-corrected chi connectivity index (χ2v) is 5.48. The average Bonchev–Trinajstić information content (AvgIpc) is 2.49. The van der Waals surface area contributed by atoms with Crippen LogP contribution in [0.4, 0.5) is 0 Å². The van der Waals surface area contributed by atoms with Gasteiger partial charge in [0.05, 0.1) is 6.61 Å². The molecule has 0 radical (unpaired) electrons. The first-order chi connectivity index (χ1) is 9.23. The topological polar surface area (TPSA) is 9.23 Å². The van der Waals surface area contributed by atoms with Gasteiger partial charge in [0.15, 0.2) is 0 Å². The Kier molecular flexibility index (Phi) is 4.76. The predicted molar refractivity (Wildman–Crippen MR) is 86.3 cm³/mol. The molecule has 0 fully saturated rings. The van der Waals surface area contributed by atoms with Crippen molar-refractivity contribution in [1.82, 2.24) is 0 Å². The van der Waals surface area contributed by atoms with Crippen LogP contribution in [0.3, 0.4) is 0 Å². The van der Waals surface area contributed by atoms with Crippen LogP contribution in [0.25, 0.3) is 10.8 Å². The molecule has 2 aromatic rings. The predicted octanol–water partition coefficient (Wildman–Crippen LogP) is 4.95. The first-order valence-electron chi connectivity index (χ1n) is 6.95. The highest BCUT2D eigenvalue weighted by Crippen LogP contribution is 2.29. The molecule has 2 heteroatoms. The van der Waals surface area contributed by atoms with Gasteiger partial charge in [-0.2, -0.15) is 12.6 Å². The van der Waals surface area contributed by atoms with Gasteiger partial charge in [-0.1, -0.05) is 44.2 Å². The molecule has 0 N–H and O–H groups in total. The van der Waals surface area contributed by atoms with Crippen LogP contribution in [0, 0.1) is 5.41 Å². The number of hydrogen-bond donors (Lipinski definition) is 1. The van der Waals surface area contributed by atoms with Gasteiger partial charge in [0.2, 0.25) is 0 Å². The van der Waals surface area contributed by atoms with Crippen molar-refractivity contribution in [1.29, 1.82) is 0 Å². The summed E-state index contributed by atoms with van der Waals surface area (Å²) in [6, 6.07) is 14.6. The fourth-order valence-corrected chi connectivity index (χ4v) is 2.76. The molecule has 0 spiro atoms. The van der Waals surface area contributed by atoms with Crippen LogP contribution in [0.15, 0.2) is 42.5 Å². The van der Waals surface area contributed by atoms with Gasteiger partial charge in [-0.3, -0.25) is 0 Å². The second-order valence-electron chi connectivity index (χ2n) is 5.16. The standard InChI is InChI=1S/C17H22OS/c1-3-17(4-2,13-19)12-18-16-10-9-14-7-5-6-8-15(14)11-16/h5-11,19H,3-4,12-13H2,1-2H3. The fraction of sp³-hybridized carbons (Fsp3) is 0.412. The minimum absolute atomic E-state index is 0.189. The van der Waals surface area contributed by atoms with E-state index in [9.17, 15) is 0 Å². The third-order valence-corrected chi connectivity index (χ3v) is 4.77. The molecule has 0 saturated carbocycles. The van der Waals surface area contributed by atoms with Crippen LogP contribution in [0.2, 0.25) is 0 Å². The molecule has 1 nitrogen and oxygen atoms in total. The van der Waals surface area contributed by atoms with Crippen molar-refractivity contribution in [3.63, 3.8) is 0 Å². The number of hydrogen-bond acceptors (Lipinski definition) is 2. The van der Waals surface area contributed by atoms with Gasteiger partial charge in [-0.05, 0) is 41.5 Å². The summed E-state index contributed by atoms with van der Waals surface area (Å²) in [5, 5.41) is 2.48. The lowest BCUT2D eigenvalue weighted by Gasteiger charge is -2.29. The molecule has 0 aromatic heterocycles. The van der Waals surface area contributed by atoms with E-state index in [1.54, 1.807) is 0 Å². The van der Waals surface area contributed by atoms with E-state index in [1.807, 2.05) is 0 Å². The van der Waals surface area contributed by atoms with E-state index >= 15 is 0 Å². The van der Waals surface area contributed by atoms with E-state index in [2.05, 4.69) is 68.9 Å². The summed E-state index contributed by atoms with van der Waals surface area (Å²) in [5.74, 6) is 1.82. The molecule has 0 aliphatic heterocycles. The average molecular weight is 274 g/mol. The molecule has 0 saturated heterocycles. The molecule has 0 aliphatic rings. The number of thiol groups is 1. The van der Waals surface area contributed by atoms with Crippen molar-refractivity contribution in [3.05, 3.63) is 42.5 Å². The zero-order valence-corrected chi connectivity index (χ0v) is 12.6. The molecule has 0 amide bonds. The molecular weight excluding hydrogens is 252 g/mol. The quantitative estimate of drug-likeness (QED) is 0.733. The van der Waals surface area contributed by atoms with Crippen LogP contribution >= 0.6 is 12.6 Å². The highest BCUT2D eigenvalue weighted by atomic mass is 32.1. The minimum atomic E-state index is 0.189. The van der Waals surface area contributed by atoms with E-state index in [4.69, 9.17) is 4.74 Å². The van der Waals surface area contributed by atoms with Crippen LogP contribution in [0.1, 0.15) is 26.7 Å². The summed E-state index contributed by atoms with van der Waals surface area (Å²) in [7, 11) is 0. The smallest absolute Gasteiger partial charge is 0.119 e. The summed E-state index contributed by atoms with van der Waals surface area (Å²) in [4.78, 5) is 0. The summed E-state index contributed by atoms with van der Waals surface area (Å²) in [6.07, 6.45) is 2.20. The Morgan fingerprint density at radius 3 is 2.32 bits per heavy atom. The van der Waals surface area contributed by atoms with Crippen LogP contribution < -0.4 is 4.74 Å². The molecule has 0 bridgehead atoms. The Morgan fingerprint density at radius 2 is 1.68 bits per heavy atom. The highest BCUT2D eigenvalue weighted by Gasteiger charge is 2.25. The Bertz CT molecular complexity index is 523. The number of fused-ring (bicyclic) bond motifs is 1. The lowest BCUT2D eigenvalue weighted by molar-refractivity contribution is 0.157. The van der Waals surface area contributed by atoms with Crippen LogP contribution in [-0.2, 0) is 0 Å². The molecule has 2 rings (SSSR count). The highest BCUT2D eigenvalue weighted by molar-refractivity contribution is 7.80. The van der Waals surface area contributed by atoms with Gasteiger partial charge >= 0.3 is 0 Å².